The van der Waals surface area contributed by atoms with E-state index in [2.05, 4.69) is 51.5 Å². The highest BCUT2D eigenvalue weighted by molar-refractivity contribution is 7.86. The lowest BCUT2D eigenvalue weighted by Crippen LogP contribution is -2.17. The number of hydrogen-bond donors (Lipinski definition) is 1. The molecule has 5 nitrogen and oxygen atoms in total. The van der Waals surface area contributed by atoms with Gasteiger partial charge in [-0.25, -0.2) is 4.21 Å². The van der Waals surface area contributed by atoms with E-state index in [0.29, 0.717) is 17.4 Å². The number of nitriles is 1. The number of hydrogen-bond acceptors (Lipinski definition) is 3. The molecule has 0 saturated heterocycles. The molecule has 1 saturated carbocycles. The maximum Gasteiger partial charge on any atom is 0.117 e. The first kappa shape index (κ1) is 22.4. The van der Waals surface area contributed by atoms with Crippen molar-refractivity contribution in [3.63, 3.8) is 0 Å². The van der Waals surface area contributed by atoms with Crippen molar-refractivity contribution >= 4 is 27.6 Å². The lowest BCUT2D eigenvalue weighted by molar-refractivity contribution is 0.324. The molecule has 0 aliphatic heterocycles. The summed E-state index contributed by atoms with van der Waals surface area (Å²) in [6.45, 7) is 4.09. The number of fused-ring (bicyclic) bond motifs is 1. The third-order valence-corrected chi connectivity index (χ3v) is 7.79. The molecule has 34 heavy (non-hydrogen) atoms. The summed E-state index contributed by atoms with van der Waals surface area (Å²) < 4.78 is 17.5. The van der Waals surface area contributed by atoms with E-state index < -0.39 is 11.0 Å². The third kappa shape index (κ3) is 4.12. The van der Waals surface area contributed by atoms with Crippen molar-refractivity contribution in [1.82, 2.24) is 9.55 Å². The van der Waals surface area contributed by atoms with Crippen molar-refractivity contribution in [2.75, 3.05) is 10.5 Å². The smallest absolute Gasteiger partial charge is 0.117 e. The molecule has 2 aromatic heterocycles. The molecule has 6 heteroatoms. The Labute approximate surface area is 203 Å². The summed E-state index contributed by atoms with van der Waals surface area (Å²) in [5.41, 5.74) is 7.77. The monoisotopic (exact) mass is 468 g/mol. The molecule has 172 valence electrons. The number of nitrogens with zero attached hydrogens (tertiary/aromatic N) is 3. The largest absolute Gasteiger partial charge is 0.336 e. The van der Waals surface area contributed by atoms with E-state index in [0.717, 1.165) is 58.4 Å². The van der Waals surface area contributed by atoms with Crippen LogP contribution in [-0.2, 0) is 11.0 Å². The molecule has 0 radical (unpaired) electrons. The van der Waals surface area contributed by atoms with Gasteiger partial charge < -0.3 is 9.29 Å². The Morgan fingerprint density at radius 3 is 2.53 bits per heavy atom. The van der Waals surface area contributed by atoms with Crippen LogP contribution in [0.5, 0.6) is 0 Å². The first-order valence-electron chi connectivity index (χ1n) is 11.9. The predicted octanol–water partition coefficient (Wildman–Crippen LogP) is 6.76. The van der Waals surface area contributed by atoms with E-state index in [1.54, 1.807) is 0 Å². The van der Waals surface area contributed by atoms with Crippen LogP contribution in [0.4, 0.5) is 5.69 Å². The molecule has 2 aromatic carbocycles. The summed E-state index contributed by atoms with van der Waals surface area (Å²) in [5.74, 6) is 0.619. The third-order valence-electron chi connectivity index (χ3n) is 6.55. The van der Waals surface area contributed by atoms with E-state index >= 15 is 0 Å². The van der Waals surface area contributed by atoms with Crippen molar-refractivity contribution < 1.29 is 4.21 Å². The fraction of sp³-hybridized carbons (Fsp3) is 0.286. The van der Waals surface area contributed by atoms with Gasteiger partial charge in [-0.3, -0.25) is 4.98 Å². The Kier molecular flexibility index (Phi) is 6.21. The van der Waals surface area contributed by atoms with Crippen molar-refractivity contribution in [1.29, 1.82) is 5.26 Å². The molecule has 1 unspecified atom stereocenters. The quantitative estimate of drug-likeness (QED) is 0.326. The number of aromatic nitrogens is 2. The minimum atomic E-state index is -1.08. The molecule has 5 rings (SSSR count). The van der Waals surface area contributed by atoms with Gasteiger partial charge in [-0.1, -0.05) is 31.2 Å². The topological polar surface area (TPSA) is 70.7 Å². The van der Waals surface area contributed by atoms with Gasteiger partial charge in [-0.2, -0.15) is 5.26 Å². The average molecular weight is 469 g/mol. The number of rotatable bonds is 7. The highest BCUT2D eigenvalue weighted by Gasteiger charge is 2.28. The highest BCUT2D eigenvalue weighted by atomic mass is 32.2. The number of nitrogens with one attached hydrogen (secondary N) is 1. The number of benzene rings is 2. The zero-order valence-electron chi connectivity index (χ0n) is 19.5. The van der Waals surface area contributed by atoms with Crippen LogP contribution in [0, 0.1) is 18.3 Å². The van der Waals surface area contributed by atoms with Gasteiger partial charge in [0.05, 0.1) is 22.5 Å². The van der Waals surface area contributed by atoms with Gasteiger partial charge in [0, 0.05) is 34.6 Å². The van der Waals surface area contributed by atoms with Crippen LogP contribution in [-0.4, -0.2) is 19.5 Å². The maximum absolute atomic E-state index is 12.1. The van der Waals surface area contributed by atoms with Crippen molar-refractivity contribution in [2.24, 2.45) is 0 Å². The average Bonchev–Trinajstić information content (AvgIpc) is 3.12. The van der Waals surface area contributed by atoms with Crippen LogP contribution < -0.4 is 4.72 Å². The summed E-state index contributed by atoms with van der Waals surface area (Å²) in [4.78, 5) is 4.57. The number of pyridine rings is 1. The molecular formula is C28H28N4OS. The highest BCUT2D eigenvalue weighted by Crippen LogP contribution is 2.43. The van der Waals surface area contributed by atoms with Crippen molar-refractivity contribution in [3.05, 3.63) is 71.9 Å². The zero-order valence-corrected chi connectivity index (χ0v) is 20.4. The molecule has 0 spiro atoms. The number of anilines is 1. The van der Waals surface area contributed by atoms with Crippen LogP contribution in [0.1, 0.15) is 49.8 Å². The second-order valence-electron chi connectivity index (χ2n) is 8.97. The predicted molar refractivity (Wildman–Crippen MR) is 140 cm³/mol. The molecule has 1 aliphatic rings. The van der Waals surface area contributed by atoms with Crippen LogP contribution in [0.15, 0.2) is 60.8 Å². The summed E-state index contributed by atoms with van der Waals surface area (Å²) >= 11 is 0. The van der Waals surface area contributed by atoms with Gasteiger partial charge in [-0.15, -0.1) is 0 Å². The molecule has 1 atom stereocenters. The standard InChI is InChI=1S/C28H28N4OS/c1-3-15-34(33)31-22-10-7-20(8-11-22)28-25(18-29)24-12-9-21(26-16-19(2)13-14-30-26)17-27(24)32(28)23-5-4-6-23/h7-14,16-17,23,31H,3-6,15H2,1-2H3. The van der Waals surface area contributed by atoms with Crippen LogP contribution in [0.2, 0.25) is 0 Å². The molecule has 1 N–H and O–H groups in total. The lowest BCUT2D eigenvalue weighted by Gasteiger charge is -2.30. The summed E-state index contributed by atoms with van der Waals surface area (Å²) in [6.07, 6.45) is 6.14. The molecule has 2 heterocycles. The van der Waals surface area contributed by atoms with Gasteiger partial charge in [-0.05, 0) is 74.1 Å². The molecular weight excluding hydrogens is 440 g/mol. The minimum absolute atomic E-state index is 0.384. The van der Waals surface area contributed by atoms with E-state index in [4.69, 9.17) is 0 Å². The normalized spacial score (nSPS) is 14.5. The van der Waals surface area contributed by atoms with Gasteiger partial charge >= 0.3 is 0 Å². The Morgan fingerprint density at radius 1 is 1.12 bits per heavy atom. The molecule has 4 aromatic rings. The maximum atomic E-state index is 12.1. The van der Waals surface area contributed by atoms with Gasteiger partial charge in [0.25, 0.3) is 0 Å². The zero-order chi connectivity index (χ0) is 23.7. The van der Waals surface area contributed by atoms with E-state index in [-0.39, 0.29) is 0 Å². The van der Waals surface area contributed by atoms with E-state index in [1.165, 1.54) is 12.0 Å². The fourth-order valence-corrected chi connectivity index (χ4v) is 5.52. The number of aryl methyl sites for hydroxylation is 1. The van der Waals surface area contributed by atoms with E-state index in [9.17, 15) is 9.47 Å². The molecule has 0 amide bonds. The fourth-order valence-electron chi connectivity index (χ4n) is 4.65. The first-order chi connectivity index (χ1) is 16.6. The van der Waals surface area contributed by atoms with Crippen molar-refractivity contribution in [3.8, 4) is 28.6 Å². The lowest BCUT2D eigenvalue weighted by atomic mass is 9.92. The van der Waals surface area contributed by atoms with Gasteiger partial charge in [0.1, 0.15) is 17.1 Å². The van der Waals surface area contributed by atoms with Crippen LogP contribution >= 0.6 is 0 Å². The first-order valence-corrected chi connectivity index (χ1v) is 13.2. The SMILES string of the molecule is CCCS(=O)Nc1ccc(-c2c(C#N)c3ccc(-c4cc(C)ccn4)cc3n2C2CCC2)cc1. The minimum Gasteiger partial charge on any atom is -0.336 e. The molecule has 0 bridgehead atoms. The Hall–Kier alpha value is -3.43. The summed E-state index contributed by atoms with van der Waals surface area (Å²) in [7, 11) is -1.08. The van der Waals surface area contributed by atoms with Gasteiger partial charge in [0.2, 0.25) is 0 Å². The van der Waals surface area contributed by atoms with Crippen LogP contribution in [0.3, 0.4) is 0 Å². The second kappa shape index (κ2) is 9.44. The van der Waals surface area contributed by atoms with Crippen LogP contribution in [0.25, 0.3) is 33.4 Å². The molecule has 1 aliphatic carbocycles. The Bertz CT molecular complexity index is 1410. The summed E-state index contributed by atoms with van der Waals surface area (Å²) in [6, 6.07) is 21.2. The second-order valence-corrected chi connectivity index (χ2v) is 10.3. The van der Waals surface area contributed by atoms with Crippen molar-refractivity contribution in [2.45, 2.75) is 45.6 Å². The summed E-state index contributed by atoms with van der Waals surface area (Å²) in [5, 5.41) is 11.2. The Balaban J connectivity index is 1.64. The molecule has 1 fully saturated rings. The Morgan fingerprint density at radius 2 is 1.88 bits per heavy atom. The van der Waals surface area contributed by atoms with Gasteiger partial charge in [0.15, 0.2) is 0 Å². The van der Waals surface area contributed by atoms with E-state index in [1.807, 2.05) is 43.5 Å².